The summed E-state index contributed by atoms with van der Waals surface area (Å²) in [6, 6.07) is -0.151. The fourth-order valence-electron chi connectivity index (χ4n) is 1.81. The molecule has 1 unspecified atom stereocenters. The Morgan fingerprint density at radius 2 is 2.29 bits per heavy atom. The van der Waals surface area contributed by atoms with Gasteiger partial charge in [0.1, 0.15) is 0 Å². The lowest BCUT2D eigenvalue weighted by Crippen LogP contribution is -2.35. The molecule has 0 aliphatic carbocycles. The molecule has 1 aliphatic heterocycles. The van der Waals surface area contributed by atoms with Crippen molar-refractivity contribution < 1.29 is 9.53 Å². The molecule has 0 aromatic rings. The second-order valence-electron chi connectivity index (χ2n) is 4.27. The summed E-state index contributed by atoms with van der Waals surface area (Å²) in [6.07, 6.45) is 8.79. The second-order valence-corrected chi connectivity index (χ2v) is 4.27. The molecule has 0 aromatic heterocycles. The van der Waals surface area contributed by atoms with Gasteiger partial charge in [-0.3, -0.25) is 4.79 Å². The summed E-state index contributed by atoms with van der Waals surface area (Å²) in [7, 11) is 0. The number of rotatable bonds is 6. The first-order chi connectivity index (χ1) is 8.26. The smallest absolute Gasteiger partial charge is 0.223 e. The van der Waals surface area contributed by atoms with Crippen LogP contribution >= 0.6 is 0 Å². The van der Waals surface area contributed by atoms with Crippen LogP contribution in [0.4, 0.5) is 0 Å². The fraction of sp³-hybridized carbons (Fsp3) is 0.769. The average molecular weight is 238 g/mol. The number of hydrogen-bond acceptors (Lipinski definition) is 3. The lowest BCUT2D eigenvalue weighted by Gasteiger charge is -2.22. The zero-order chi connectivity index (χ0) is 12.5. The van der Waals surface area contributed by atoms with Crippen molar-refractivity contribution in [3.05, 3.63) is 0 Å². The molecule has 0 spiro atoms. The van der Waals surface area contributed by atoms with E-state index in [9.17, 15) is 4.79 Å². The first-order valence-corrected chi connectivity index (χ1v) is 6.34. The van der Waals surface area contributed by atoms with Gasteiger partial charge >= 0.3 is 0 Å². The van der Waals surface area contributed by atoms with E-state index in [1.807, 2.05) is 6.92 Å². The van der Waals surface area contributed by atoms with E-state index in [1.54, 1.807) is 0 Å². The molecule has 1 atom stereocenters. The van der Waals surface area contributed by atoms with E-state index in [4.69, 9.17) is 11.2 Å². The van der Waals surface area contributed by atoms with Gasteiger partial charge < -0.3 is 15.4 Å². The summed E-state index contributed by atoms with van der Waals surface area (Å²) in [5.41, 5.74) is 0. The predicted molar refractivity (Wildman–Crippen MR) is 67.5 cm³/mol. The standard InChI is InChI=1S/C13H22N2O2/c1-3-11(4-2)15-13(16)7-10-17-12-5-8-14-9-6-12/h1,11-12,14H,4-10H2,2H3,(H,15,16). The van der Waals surface area contributed by atoms with Crippen LogP contribution in [0.15, 0.2) is 0 Å². The number of nitrogens with one attached hydrogen (secondary N) is 2. The molecular weight excluding hydrogens is 216 g/mol. The molecule has 1 fully saturated rings. The van der Waals surface area contributed by atoms with Crippen molar-refractivity contribution in [1.82, 2.24) is 10.6 Å². The fourth-order valence-corrected chi connectivity index (χ4v) is 1.81. The van der Waals surface area contributed by atoms with Crippen molar-refractivity contribution >= 4 is 5.91 Å². The lowest BCUT2D eigenvalue weighted by atomic mass is 10.1. The van der Waals surface area contributed by atoms with Gasteiger partial charge in [-0.25, -0.2) is 0 Å². The molecule has 0 saturated carbocycles. The normalized spacial score (nSPS) is 18.4. The molecule has 1 rings (SSSR count). The Balaban J connectivity index is 2.09. The van der Waals surface area contributed by atoms with Crippen LogP contribution in [0.25, 0.3) is 0 Å². The summed E-state index contributed by atoms with van der Waals surface area (Å²) < 4.78 is 5.65. The highest BCUT2D eigenvalue weighted by Gasteiger charge is 2.14. The van der Waals surface area contributed by atoms with E-state index >= 15 is 0 Å². The SMILES string of the molecule is C#CC(CC)NC(=O)CCOC1CCNCC1. The Morgan fingerprint density at radius 1 is 1.59 bits per heavy atom. The molecule has 1 saturated heterocycles. The maximum Gasteiger partial charge on any atom is 0.223 e. The van der Waals surface area contributed by atoms with Crippen LogP contribution in [-0.2, 0) is 9.53 Å². The number of ether oxygens (including phenoxy) is 1. The van der Waals surface area contributed by atoms with Crippen LogP contribution in [0.5, 0.6) is 0 Å². The molecule has 17 heavy (non-hydrogen) atoms. The van der Waals surface area contributed by atoms with Gasteiger partial charge in [-0.15, -0.1) is 6.42 Å². The van der Waals surface area contributed by atoms with Crippen LogP contribution in [0.1, 0.15) is 32.6 Å². The molecule has 0 aromatic carbocycles. The zero-order valence-electron chi connectivity index (χ0n) is 10.5. The van der Waals surface area contributed by atoms with Gasteiger partial charge in [0.15, 0.2) is 0 Å². The summed E-state index contributed by atoms with van der Waals surface area (Å²) in [4.78, 5) is 11.5. The Morgan fingerprint density at radius 3 is 2.88 bits per heavy atom. The van der Waals surface area contributed by atoms with Gasteiger partial charge in [0.25, 0.3) is 0 Å². The number of carbonyl (C=O) groups excluding carboxylic acids is 1. The maximum absolute atomic E-state index is 11.5. The van der Waals surface area contributed by atoms with Crippen LogP contribution < -0.4 is 10.6 Å². The number of hydrogen-bond donors (Lipinski definition) is 2. The number of piperidine rings is 1. The van der Waals surface area contributed by atoms with Crippen molar-refractivity contribution in [3.63, 3.8) is 0 Å². The molecule has 1 amide bonds. The van der Waals surface area contributed by atoms with Crippen LogP contribution in [-0.4, -0.2) is 37.7 Å². The number of amides is 1. The van der Waals surface area contributed by atoms with Crippen molar-refractivity contribution in [2.75, 3.05) is 19.7 Å². The van der Waals surface area contributed by atoms with Crippen molar-refractivity contribution in [2.24, 2.45) is 0 Å². The molecule has 1 heterocycles. The predicted octanol–water partition coefficient (Wildman–Crippen LogP) is 0.673. The number of carbonyl (C=O) groups is 1. The quantitative estimate of drug-likeness (QED) is 0.669. The van der Waals surface area contributed by atoms with Gasteiger partial charge in [0, 0.05) is 0 Å². The Labute approximate surface area is 103 Å². The Kier molecular flexibility index (Phi) is 6.68. The Hall–Kier alpha value is -1.05. The van der Waals surface area contributed by atoms with E-state index in [0.717, 1.165) is 32.4 Å². The Bertz CT molecular complexity index is 267. The van der Waals surface area contributed by atoms with E-state index in [2.05, 4.69) is 16.6 Å². The van der Waals surface area contributed by atoms with E-state index in [-0.39, 0.29) is 11.9 Å². The monoisotopic (exact) mass is 238 g/mol. The largest absolute Gasteiger partial charge is 0.378 e. The minimum Gasteiger partial charge on any atom is -0.378 e. The van der Waals surface area contributed by atoms with Crippen LogP contribution in [0.2, 0.25) is 0 Å². The second kappa shape index (κ2) is 8.10. The minimum atomic E-state index is -0.151. The highest BCUT2D eigenvalue weighted by Crippen LogP contribution is 2.07. The molecular formula is C13H22N2O2. The third kappa shape index (κ3) is 5.71. The van der Waals surface area contributed by atoms with Gasteiger partial charge in [0.05, 0.1) is 25.2 Å². The molecule has 0 radical (unpaired) electrons. The minimum absolute atomic E-state index is 0.0243. The molecule has 4 heteroatoms. The van der Waals surface area contributed by atoms with Gasteiger partial charge in [-0.1, -0.05) is 12.8 Å². The maximum atomic E-state index is 11.5. The summed E-state index contributed by atoms with van der Waals surface area (Å²) in [5.74, 6) is 2.52. The molecule has 4 nitrogen and oxygen atoms in total. The highest BCUT2D eigenvalue weighted by molar-refractivity contribution is 5.76. The molecule has 0 bridgehead atoms. The molecule has 1 aliphatic rings. The van der Waals surface area contributed by atoms with Crippen LogP contribution in [0.3, 0.4) is 0 Å². The van der Waals surface area contributed by atoms with E-state index < -0.39 is 0 Å². The third-order valence-corrected chi connectivity index (χ3v) is 2.91. The lowest BCUT2D eigenvalue weighted by molar-refractivity contribution is -0.123. The summed E-state index contributed by atoms with van der Waals surface area (Å²) in [6.45, 7) is 4.45. The van der Waals surface area contributed by atoms with Crippen molar-refractivity contribution in [2.45, 2.75) is 44.8 Å². The van der Waals surface area contributed by atoms with E-state index in [1.165, 1.54) is 0 Å². The summed E-state index contributed by atoms with van der Waals surface area (Å²) in [5, 5.41) is 6.06. The third-order valence-electron chi connectivity index (χ3n) is 2.91. The van der Waals surface area contributed by atoms with Gasteiger partial charge in [-0.2, -0.15) is 0 Å². The van der Waals surface area contributed by atoms with Gasteiger partial charge in [-0.05, 0) is 32.4 Å². The molecule has 96 valence electrons. The summed E-state index contributed by atoms with van der Waals surface area (Å²) >= 11 is 0. The number of terminal acetylenes is 1. The van der Waals surface area contributed by atoms with Crippen molar-refractivity contribution in [3.8, 4) is 12.3 Å². The highest BCUT2D eigenvalue weighted by atomic mass is 16.5. The first kappa shape index (κ1) is 14.0. The zero-order valence-corrected chi connectivity index (χ0v) is 10.5. The average Bonchev–Trinajstić information content (AvgIpc) is 2.37. The van der Waals surface area contributed by atoms with E-state index in [0.29, 0.717) is 19.1 Å². The molecule has 2 N–H and O–H groups in total. The van der Waals surface area contributed by atoms with Gasteiger partial charge in [0.2, 0.25) is 5.91 Å². The topological polar surface area (TPSA) is 50.4 Å². The van der Waals surface area contributed by atoms with Crippen LogP contribution in [0, 0.1) is 12.3 Å². The van der Waals surface area contributed by atoms with Crippen molar-refractivity contribution in [1.29, 1.82) is 0 Å². The first-order valence-electron chi connectivity index (χ1n) is 6.34.